The summed E-state index contributed by atoms with van der Waals surface area (Å²) in [6, 6.07) is 5.11. The molecule has 1 saturated heterocycles. The lowest BCUT2D eigenvalue weighted by Gasteiger charge is -2.24. The molecule has 0 radical (unpaired) electrons. The van der Waals surface area contributed by atoms with E-state index < -0.39 is 0 Å². The highest BCUT2D eigenvalue weighted by molar-refractivity contribution is 6.37. The number of halogens is 2. The lowest BCUT2D eigenvalue weighted by Crippen LogP contribution is -2.26. The highest BCUT2D eigenvalue weighted by Gasteiger charge is 2.18. The van der Waals surface area contributed by atoms with Gasteiger partial charge in [0.05, 0.1) is 34.9 Å². The molecule has 1 fully saturated rings. The van der Waals surface area contributed by atoms with Crippen molar-refractivity contribution in [3.05, 3.63) is 27.7 Å². The monoisotopic (exact) mass is 271 g/mol. The van der Waals surface area contributed by atoms with Gasteiger partial charge in [-0.25, -0.2) is 0 Å². The van der Waals surface area contributed by atoms with Gasteiger partial charge in [-0.1, -0.05) is 23.2 Å². The summed E-state index contributed by atoms with van der Waals surface area (Å²) in [4.78, 5) is 0. The second-order valence-corrected chi connectivity index (χ2v) is 4.62. The molecule has 2 rings (SSSR count). The van der Waals surface area contributed by atoms with Crippen molar-refractivity contribution < 1.29 is 9.47 Å². The number of ether oxygens (including phenoxy) is 2. The number of benzene rings is 1. The van der Waals surface area contributed by atoms with Crippen molar-refractivity contribution in [3.63, 3.8) is 0 Å². The Morgan fingerprint density at radius 2 is 1.82 bits per heavy atom. The number of hydrogen-bond donors (Lipinski definition) is 0. The molecular formula is C12H11Cl2NO2. The molecule has 1 aliphatic rings. The zero-order chi connectivity index (χ0) is 12.3. The van der Waals surface area contributed by atoms with Gasteiger partial charge in [0.1, 0.15) is 6.10 Å². The normalized spacial score (nSPS) is 16.5. The number of rotatable bonds is 2. The Morgan fingerprint density at radius 3 is 2.35 bits per heavy atom. The Balaban J connectivity index is 2.18. The number of nitrogens with zero attached hydrogens (tertiary/aromatic N) is 1. The summed E-state index contributed by atoms with van der Waals surface area (Å²) >= 11 is 12.1. The maximum Gasteiger partial charge on any atom is 0.156 e. The van der Waals surface area contributed by atoms with Gasteiger partial charge in [-0.3, -0.25) is 0 Å². The van der Waals surface area contributed by atoms with Crippen LogP contribution in [0.3, 0.4) is 0 Å². The minimum atomic E-state index is 0.0756. The van der Waals surface area contributed by atoms with Gasteiger partial charge in [-0.15, -0.1) is 0 Å². The van der Waals surface area contributed by atoms with E-state index in [1.807, 2.05) is 6.07 Å². The quantitative estimate of drug-likeness (QED) is 0.828. The van der Waals surface area contributed by atoms with E-state index >= 15 is 0 Å². The molecule has 0 atom stereocenters. The Hall–Kier alpha value is -0.950. The van der Waals surface area contributed by atoms with E-state index in [1.54, 1.807) is 12.1 Å². The third-order valence-electron chi connectivity index (χ3n) is 2.58. The third-order valence-corrected chi connectivity index (χ3v) is 3.14. The zero-order valence-corrected chi connectivity index (χ0v) is 10.6. The van der Waals surface area contributed by atoms with E-state index in [2.05, 4.69) is 0 Å². The topological polar surface area (TPSA) is 42.2 Å². The van der Waals surface area contributed by atoms with Crippen LogP contribution < -0.4 is 4.74 Å². The van der Waals surface area contributed by atoms with Crippen LogP contribution in [0.15, 0.2) is 12.1 Å². The van der Waals surface area contributed by atoms with Gasteiger partial charge in [0, 0.05) is 12.8 Å². The van der Waals surface area contributed by atoms with E-state index in [0.29, 0.717) is 34.6 Å². The average molecular weight is 272 g/mol. The van der Waals surface area contributed by atoms with Gasteiger partial charge in [0.2, 0.25) is 0 Å². The molecule has 0 aromatic heterocycles. The molecule has 0 saturated carbocycles. The van der Waals surface area contributed by atoms with E-state index in [0.717, 1.165) is 12.8 Å². The molecule has 1 aromatic carbocycles. The third kappa shape index (κ3) is 3.04. The molecule has 0 spiro atoms. The molecule has 1 heterocycles. The molecular weight excluding hydrogens is 261 g/mol. The Kier molecular flexibility index (Phi) is 4.11. The minimum Gasteiger partial charge on any atom is -0.487 e. The molecule has 1 aliphatic heterocycles. The highest BCUT2D eigenvalue weighted by atomic mass is 35.5. The molecule has 0 N–H and O–H groups in total. The van der Waals surface area contributed by atoms with Crippen LogP contribution in [0.4, 0.5) is 0 Å². The summed E-state index contributed by atoms with van der Waals surface area (Å²) in [6.45, 7) is 1.38. The van der Waals surface area contributed by atoms with Crippen molar-refractivity contribution in [2.45, 2.75) is 18.9 Å². The second kappa shape index (κ2) is 5.59. The first kappa shape index (κ1) is 12.5. The van der Waals surface area contributed by atoms with Crippen molar-refractivity contribution in [3.8, 4) is 11.8 Å². The molecule has 1 aromatic rings. The SMILES string of the molecule is N#Cc1cc(Cl)c(OC2CCOCC2)c(Cl)c1. The van der Waals surface area contributed by atoms with Crippen LogP contribution in [0.25, 0.3) is 0 Å². The molecule has 17 heavy (non-hydrogen) atoms. The van der Waals surface area contributed by atoms with Gasteiger partial charge in [-0.2, -0.15) is 5.26 Å². The van der Waals surface area contributed by atoms with Gasteiger partial charge in [-0.05, 0) is 12.1 Å². The van der Waals surface area contributed by atoms with Crippen molar-refractivity contribution in [1.82, 2.24) is 0 Å². The van der Waals surface area contributed by atoms with Crippen LogP contribution in [0.1, 0.15) is 18.4 Å². The van der Waals surface area contributed by atoms with Crippen molar-refractivity contribution >= 4 is 23.2 Å². The van der Waals surface area contributed by atoms with Crippen LogP contribution in [0.5, 0.6) is 5.75 Å². The molecule has 0 bridgehead atoms. The molecule has 0 amide bonds. The first-order valence-electron chi connectivity index (χ1n) is 5.34. The van der Waals surface area contributed by atoms with Crippen molar-refractivity contribution in [1.29, 1.82) is 5.26 Å². The predicted molar refractivity (Wildman–Crippen MR) is 65.6 cm³/mol. The standard InChI is InChI=1S/C12H11Cl2NO2/c13-10-5-8(7-15)6-11(14)12(10)17-9-1-3-16-4-2-9/h5-6,9H,1-4H2. The minimum absolute atomic E-state index is 0.0756. The summed E-state index contributed by atoms with van der Waals surface area (Å²) in [6.07, 6.45) is 1.73. The number of nitriles is 1. The summed E-state index contributed by atoms with van der Waals surface area (Å²) in [5.41, 5.74) is 0.430. The Labute approximate surface area is 110 Å². The summed E-state index contributed by atoms with van der Waals surface area (Å²) in [5.74, 6) is 0.458. The summed E-state index contributed by atoms with van der Waals surface area (Å²) in [5, 5.41) is 9.53. The van der Waals surface area contributed by atoms with Crippen LogP contribution in [0, 0.1) is 11.3 Å². The van der Waals surface area contributed by atoms with E-state index in [-0.39, 0.29) is 6.10 Å². The van der Waals surface area contributed by atoms with Crippen molar-refractivity contribution in [2.75, 3.05) is 13.2 Å². The summed E-state index contributed by atoms with van der Waals surface area (Å²) < 4.78 is 11.0. The van der Waals surface area contributed by atoms with Crippen LogP contribution >= 0.6 is 23.2 Å². The maximum absolute atomic E-state index is 8.77. The smallest absolute Gasteiger partial charge is 0.156 e. The molecule has 90 valence electrons. The van der Waals surface area contributed by atoms with E-state index in [1.165, 1.54) is 0 Å². The van der Waals surface area contributed by atoms with E-state index in [9.17, 15) is 0 Å². The first-order chi connectivity index (χ1) is 8.20. The zero-order valence-electron chi connectivity index (χ0n) is 9.08. The molecule has 0 aliphatic carbocycles. The fraction of sp³-hybridized carbons (Fsp3) is 0.417. The Morgan fingerprint density at radius 1 is 1.24 bits per heavy atom. The van der Waals surface area contributed by atoms with Gasteiger partial charge in [0.25, 0.3) is 0 Å². The fourth-order valence-corrected chi connectivity index (χ4v) is 2.27. The molecule has 3 nitrogen and oxygen atoms in total. The van der Waals surface area contributed by atoms with Gasteiger partial charge in [0.15, 0.2) is 5.75 Å². The predicted octanol–water partition coefficient (Wildman–Crippen LogP) is 3.42. The van der Waals surface area contributed by atoms with Crippen LogP contribution in [-0.4, -0.2) is 19.3 Å². The van der Waals surface area contributed by atoms with Gasteiger partial charge >= 0.3 is 0 Å². The lowest BCUT2D eigenvalue weighted by molar-refractivity contribution is 0.0256. The van der Waals surface area contributed by atoms with Crippen LogP contribution in [-0.2, 0) is 4.74 Å². The van der Waals surface area contributed by atoms with Gasteiger partial charge < -0.3 is 9.47 Å². The lowest BCUT2D eigenvalue weighted by atomic mass is 10.1. The number of hydrogen-bond acceptors (Lipinski definition) is 3. The second-order valence-electron chi connectivity index (χ2n) is 3.81. The summed E-state index contributed by atoms with van der Waals surface area (Å²) in [7, 11) is 0. The average Bonchev–Trinajstić information content (AvgIpc) is 2.35. The highest BCUT2D eigenvalue weighted by Crippen LogP contribution is 2.35. The van der Waals surface area contributed by atoms with Crippen LogP contribution in [0.2, 0.25) is 10.0 Å². The maximum atomic E-state index is 8.77. The molecule has 0 unspecified atom stereocenters. The molecule has 5 heteroatoms. The van der Waals surface area contributed by atoms with Crippen molar-refractivity contribution in [2.24, 2.45) is 0 Å². The Bertz CT molecular complexity index is 427. The largest absolute Gasteiger partial charge is 0.487 e. The first-order valence-corrected chi connectivity index (χ1v) is 6.10. The van der Waals surface area contributed by atoms with E-state index in [4.69, 9.17) is 37.9 Å². The fourth-order valence-electron chi connectivity index (χ4n) is 1.70.